The van der Waals surface area contributed by atoms with Crippen molar-refractivity contribution in [3.8, 4) is 11.5 Å². The number of halogens is 1. The number of anilines is 1. The Labute approximate surface area is 157 Å². The molecule has 0 aliphatic heterocycles. The van der Waals surface area contributed by atoms with Crippen molar-refractivity contribution in [1.82, 2.24) is 5.32 Å². The maximum absolute atomic E-state index is 13.1. The molecule has 27 heavy (non-hydrogen) atoms. The molecule has 0 unspecified atom stereocenters. The SMILES string of the molecule is COc1ccc(C(=O)NCCN(c2ccc(F)cc2)S(C)(=O)=O)cc1OC. The lowest BCUT2D eigenvalue weighted by Gasteiger charge is -2.22. The number of hydrogen-bond acceptors (Lipinski definition) is 5. The zero-order valence-corrected chi connectivity index (χ0v) is 16.0. The second-order valence-corrected chi connectivity index (χ2v) is 7.54. The van der Waals surface area contributed by atoms with Gasteiger partial charge in [-0.25, -0.2) is 12.8 Å². The Bertz CT molecular complexity index is 900. The third-order valence-corrected chi connectivity index (χ3v) is 4.96. The monoisotopic (exact) mass is 396 g/mol. The van der Waals surface area contributed by atoms with E-state index in [1.807, 2.05) is 0 Å². The maximum Gasteiger partial charge on any atom is 0.251 e. The maximum atomic E-state index is 13.1. The number of amides is 1. The molecule has 9 heteroatoms. The molecule has 2 aromatic carbocycles. The summed E-state index contributed by atoms with van der Waals surface area (Å²) < 4.78 is 48.5. The molecule has 1 N–H and O–H groups in total. The van der Waals surface area contributed by atoms with E-state index >= 15 is 0 Å². The van der Waals surface area contributed by atoms with Crippen LogP contribution >= 0.6 is 0 Å². The minimum absolute atomic E-state index is 0.00347. The van der Waals surface area contributed by atoms with Crippen molar-refractivity contribution in [3.05, 3.63) is 53.8 Å². The summed E-state index contributed by atoms with van der Waals surface area (Å²) in [4.78, 5) is 12.3. The molecular weight excluding hydrogens is 375 g/mol. The second kappa shape index (κ2) is 8.72. The summed E-state index contributed by atoms with van der Waals surface area (Å²) in [6.45, 7) is 0.0706. The lowest BCUT2D eigenvalue weighted by Crippen LogP contribution is -2.38. The summed E-state index contributed by atoms with van der Waals surface area (Å²) in [6.07, 6.45) is 1.05. The predicted molar refractivity (Wildman–Crippen MR) is 100 cm³/mol. The van der Waals surface area contributed by atoms with E-state index in [1.54, 1.807) is 12.1 Å². The van der Waals surface area contributed by atoms with Gasteiger partial charge < -0.3 is 14.8 Å². The van der Waals surface area contributed by atoms with Gasteiger partial charge in [-0.3, -0.25) is 9.10 Å². The van der Waals surface area contributed by atoms with E-state index in [0.29, 0.717) is 22.7 Å². The Morgan fingerprint density at radius 3 is 2.26 bits per heavy atom. The minimum atomic E-state index is -3.59. The molecule has 1 amide bonds. The number of carbonyl (C=O) groups is 1. The highest BCUT2D eigenvalue weighted by atomic mass is 32.2. The van der Waals surface area contributed by atoms with Crippen molar-refractivity contribution in [1.29, 1.82) is 0 Å². The molecular formula is C18H21FN2O5S. The largest absolute Gasteiger partial charge is 0.493 e. The Morgan fingerprint density at radius 1 is 1.07 bits per heavy atom. The van der Waals surface area contributed by atoms with E-state index in [4.69, 9.17) is 9.47 Å². The van der Waals surface area contributed by atoms with Gasteiger partial charge in [-0.2, -0.15) is 0 Å². The van der Waals surface area contributed by atoms with Crippen molar-refractivity contribution < 1.29 is 27.1 Å². The van der Waals surface area contributed by atoms with Gasteiger partial charge in [0.1, 0.15) is 5.82 Å². The normalized spacial score (nSPS) is 11.0. The first-order valence-corrected chi connectivity index (χ1v) is 9.84. The van der Waals surface area contributed by atoms with Gasteiger partial charge in [0.25, 0.3) is 5.91 Å². The fraction of sp³-hybridized carbons (Fsp3) is 0.278. The van der Waals surface area contributed by atoms with Crippen LogP contribution in [0.5, 0.6) is 11.5 Å². The van der Waals surface area contributed by atoms with Gasteiger partial charge in [-0.1, -0.05) is 0 Å². The van der Waals surface area contributed by atoms with E-state index in [9.17, 15) is 17.6 Å². The summed E-state index contributed by atoms with van der Waals surface area (Å²) >= 11 is 0. The Morgan fingerprint density at radius 2 is 1.70 bits per heavy atom. The van der Waals surface area contributed by atoms with Crippen molar-refractivity contribution >= 4 is 21.6 Å². The van der Waals surface area contributed by atoms with Crippen molar-refractivity contribution in [2.24, 2.45) is 0 Å². The molecule has 7 nitrogen and oxygen atoms in total. The van der Waals surface area contributed by atoms with Gasteiger partial charge in [-0.15, -0.1) is 0 Å². The number of carbonyl (C=O) groups excluding carboxylic acids is 1. The lowest BCUT2D eigenvalue weighted by molar-refractivity contribution is 0.0954. The fourth-order valence-corrected chi connectivity index (χ4v) is 3.37. The molecule has 0 saturated heterocycles. The highest BCUT2D eigenvalue weighted by Gasteiger charge is 2.18. The van der Waals surface area contributed by atoms with Crippen LogP contribution in [0.1, 0.15) is 10.4 Å². The van der Waals surface area contributed by atoms with Crippen LogP contribution in [0, 0.1) is 5.82 Å². The molecule has 0 fully saturated rings. The number of ether oxygens (including phenoxy) is 2. The van der Waals surface area contributed by atoms with Gasteiger partial charge in [0.2, 0.25) is 10.0 Å². The topological polar surface area (TPSA) is 84.9 Å². The summed E-state index contributed by atoms with van der Waals surface area (Å²) in [5, 5.41) is 2.66. The fourth-order valence-electron chi connectivity index (χ4n) is 2.44. The average molecular weight is 396 g/mol. The molecule has 0 radical (unpaired) electrons. The quantitative estimate of drug-likeness (QED) is 0.738. The van der Waals surface area contributed by atoms with Crippen LogP contribution in [0.4, 0.5) is 10.1 Å². The molecule has 0 atom stereocenters. The van der Waals surface area contributed by atoms with E-state index < -0.39 is 15.8 Å². The van der Waals surface area contributed by atoms with Gasteiger partial charge in [0.15, 0.2) is 11.5 Å². The number of rotatable bonds is 8. The van der Waals surface area contributed by atoms with Crippen LogP contribution in [-0.2, 0) is 10.0 Å². The first-order chi connectivity index (χ1) is 12.8. The minimum Gasteiger partial charge on any atom is -0.493 e. The van der Waals surface area contributed by atoms with Gasteiger partial charge in [0.05, 0.1) is 32.7 Å². The van der Waals surface area contributed by atoms with E-state index in [1.165, 1.54) is 44.6 Å². The zero-order valence-electron chi connectivity index (χ0n) is 15.2. The summed E-state index contributed by atoms with van der Waals surface area (Å²) in [5.41, 5.74) is 0.666. The third kappa shape index (κ3) is 5.33. The van der Waals surface area contributed by atoms with Crippen LogP contribution < -0.4 is 19.1 Å². The molecule has 2 aromatic rings. The van der Waals surface area contributed by atoms with Crippen LogP contribution in [0.3, 0.4) is 0 Å². The van der Waals surface area contributed by atoms with Crippen LogP contribution in [0.25, 0.3) is 0 Å². The van der Waals surface area contributed by atoms with E-state index in [2.05, 4.69) is 5.32 Å². The zero-order chi connectivity index (χ0) is 20.0. The molecule has 0 aliphatic rings. The second-order valence-electron chi connectivity index (χ2n) is 5.64. The Balaban J connectivity index is 2.06. The molecule has 0 aromatic heterocycles. The molecule has 2 rings (SSSR count). The van der Waals surface area contributed by atoms with Gasteiger partial charge in [0, 0.05) is 12.1 Å². The lowest BCUT2D eigenvalue weighted by atomic mass is 10.2. The third-order valence-electron chi connectivity index (χ3n) is 3.76. The molecule has 0 saturated carbocycles. The Kier molecular flexibility index (Phi) is 6.62. The molecule has 0 heterocycles. The highest BCUT2D eigenvalue weighted by molar-refractivity contribution is 7.92. The van der Waals surface area contributed by atoms with Crippen molar-refractivity contribution in [2.45, 2.75) is 0 Å². The number of nitrogens with one attached hydrogen (secondary N) is 1. The van der Waals surface area contributed by atoms with Gasteiger partial charge >= 0.3 is 0 Å². The standard InChI is InChI=1S/C18H21FN2O5S/c1-25-16-9-4-13(12-17(16)26-2)18(22)20-10-11-21(27(3,23)24)15-7-5-14(19)6-8-15/h4-9,12H,10-11H2,1-3H3,(H,20,22). The van der Waals surface area contributed by atoms with Crippen LogP contribution in [0.2, 0.25) is 0 Å². The summed E-state index contributed by atoms with van der Waals surface area (Å²) in [5.74, 6) is 0.0558. The highest BCUT2D eigenvalue weighted by Crippen LogP contribution is 2.27. The number of methoxy groups -OCH3 is 2. The van der Waals surface area contributed by atoms with Gasteiger partial charge in [-0.05, 0) is 42.5 Å². The van der Waals surface area contributed by atoms with Crippen molar-refractivity contribution in [2.75, 3.05) is 37.9 Å². The number of benzene rings is 2. The summed E-state index contributed by atoms with van der Waals surface area (Å²) in [6, 6.07) is 9.80. The summed E-state index contributed by atoms with van der Waals surface area (Å²) in [7, 11) is -0.633. The number of hydrogen-bond donors (Lipinski definition) is 1. The smallest absolute Gasteiger partial charge is 0.251 e. The average Bonchev–Trinajstić information content (AvgIpc) is 2.64. The predicted octanol–water partition coefficient (Wildman–Crippen LogP) is 2.04. The van der Waals surface area contributed by atoms with Crippen LogP contribution in [0.15, 0.2) is 42.5 Å². The Hall–Kier alpha value is -2.81. The number of nitrogens with zero attached hydrogens (tertiary/aromatic N) is 1. The first-order valence-electron chi connectivity index (χ1n) is 7.99. The van der Waals surface area contributed by atoms with Crippen LogP contribution in [-0.4, -0.2) is 47.9 Å². The molecule has 0 bridgehead atoms. The molecule has 0 spiro atoms. The molecule has 146 valence electrons. The van der Waals surface area contributed by atoms with Crippen molar-refractivity contribution in [3.63, 3.8) is 0 Å². The first kappa shape index (κ1) is 20.5. The van der Waals surface area contributed by atoms with E-state index in [0.717, 1.165) is 10.6 Å². The van der Waals surface area contributed by atoms with E-state index in [-0.39, 0.29) is 19.0 Å². The molecule has 0 aliphatic carbocycles. The number of sulfonamides is 1.